The van der Waals surface area contributed by atoms with E-state index in [-0.39, 0.29) is 11.2 Å². The molecular formula is C18H16N2O3. The number of aryl methyl sites for hydroxylation is 2. The second-order valence-electron chi connectivity index (χ2n) is 5.65. The van der Waals surface area contributed by atoms with E-state index in [2.05, 4.69) is 0 Å². The summed E-state index contributed by atoms with van der Waals surface area (Å²) in [6, 6.07) is 13.9. The van der Waals surface area contributed by atoms with E-state index in [1.54, 1.807) is 22.8 Å². The molecule has 23 heavy (non-hydrogen) atoms. The zero-order valence-electron chi connectivity index (χ0n) is 12.9. The van der Waals surface area contributed by atoms with Crippen molar-refractivity contribution in [1.82, 2.24) is 4.57 Å². The van der Waals surface area contributed by atoms with Crippen LogP contribution in [0.4, 0.5) is 5.69 Å². The van der Waals surface area contributed by atoms with Gasteiger partial charge in [0.15, 0.2) is 0 Å². The van der Waals surface area contributed by atoms with Crippen LogP contribution in [0.25, 0.3) is 10.9 Å². The van der Waals surface area contributed by atoms with E-state index in [0.717, 1.165) is 27.6 Å². The Morgan fingerprint density at radius 1 is 1.04 bits per heavy atom. The third-order valence-corrected chi connectivity index (χ3v) is 4.03. The van der Waals surface area contributed by atoms with Gasteiger partial charge in [0.05, 0.1) is 17.0 Å². The van der Waals surface area contributed by atoms with Crippen molar-refractivity contribution in [3.8, 4) is 0 Å². The van der Waals surface area contributed by atoms with E-state index < -0.39 is 4.92 Å². The number of nitrogens with zero attached hydrogens (tertiary/aromatic N) is 2. The first-order chi connectivity index (χ1) is 11.0. The minimum Gasteiger partial charge on any atom is -0.304 e. The maximum absolute atomic E-state index is 12.4. The van der Waals surface area contributed by atoms with Gasteiger partial charge in [-0.15, -0.1) is 0 Å². The van der Waals surface area contributed by atoms with E-state index in [1.165, 1.54) is 12.1 Å². The summed E-state index contributed by atoms with van der Waals surface area (Å²) in [6.45, 7) is 4.30. The monoisotopic (exact) mass is 308 g/mol. The van der Waals surface area contributed by atoms with Gasteiger partial charge in [-0.3, -0.25) is 14.9 Å². The normalized spacial score (nSPS) is 10.9. The molecule has 0 N–H and O–H groups in total. The SMILES string of the molecule is Cc1cc(=O)n(Cc2ccc([N+](=O)[O-])cc2)c2c(C)cccc12. The standard InChI is InChI=1S/C18H16N2O3/c1-12-4-3-5-16-13(2)10-17(21)19(18(12)16)11-14-6-8-15(9-7-14)20(22)23/h3-10H,11H2,1-2H3. The molecule has 0 saturated carbocycles. The molecule has 0 fully saturated rings. The molecule has 3 rings (SSSR count). The van der Waals surface area contributed by atoms with Crippen LogP contribution in [-0.2, 0) is 6.54 Å². The Bertz CT molecular complexity index is 956. The molecule has 0 spiro atoms. The maximum atomic E-state index is 12.4. The summed E-state index contributed by atoms with van der Waals surface area (Å²) in [5.74, 6) is 0. The first kappa shape index (κ1) is 15.0. The Hall–Kier alpha value is -2.95. The van der Waals surface area contributed by atoms with Crippen molar-refractivity contribution in [2.75, 3.05) is 0 Å². The molecule has 0 aliphatic heterocycles. The smallest absolute Gasteiger partial charge is 0.269 e. The minimum absolute atomic E-state index is 0.0473. The van der Waals surface area contributed by atoms with Crippen LogP contribution in [0.5, 0.6) is 0 Å². The summed E-state index contributed by atoms with van der Waals surface area (Å²) < 4.78 is 1.72. The second kappa shape index (κ2) is 5.68. The Balaban J connectivity index is 2.13. The molecule has 2 aromatic carbocycles. The van der Waals surface area contributed by atoms with Crippen LogP contribution in [0.2, 0.25) is 0 Å². The minimum atomic E-state index is -0.429. The van der Waals surface area contributed by atoms with Gasteiger partial charge in [-0.1, -0.05) is 30.3 Å². The van der Waals surface area contributed by atoms with E-state index >= 15 is 0 Å². The average Bonchev–Trinajstić information content (AvgIpc) is 2.52. The summed E-state index contributed by atoms with van der Waals surface area (Å²) in [7, 11) is 0. The number of hydrogen-bond donors (Lipinski definition) is 0. The quantitative estimate of drug-likeness (QED) is 0.549. The molecular weight excluding hydrogens is 292 g/mol. The van der Waals surface area contributed by atoms with Crippen molar-refractivity contribution in [3.63, 3.8) is 0 Å². The predicted octanol–water partition coefficient (Wildman–Crippen LogP) is 3.57. The van der Waals surface area contributed by atoms with Crippen molar-refractivity contribution in [1.29, 1.82) is 0 Å². The predicted molar refractivity (Wildman–Crippen MR) is 89.9 cm³/mol. The molecule has 3 aromatic rings. The lowest BCUT2D eigenvalue weighted by atomic mass is 10.1. The summed E-state index contributed by atoms with van der Waals surface area (Å²) in [5.41, 5.74) is 3.73. The van der Waals surface area contributed by atoms with Crippen LogP contribution in [0.15, 0.2) is 53.3 Å². The molecule has 0 bridgehead atoms. The second-order valence-corrected chi connectivity index (χ2v) is 5.65. The topological polar surface area (TPSA) is 65.1 Å². The highest BCUT2D eigenvalue weighted by molar-refractivity contribution is 5.85. The van der Waals surface area contributed by atoms with Gasteiger partial charge in [0.1, 0.15) is 0 Å². The van der Waals surface area contributed by atoms with Gasteiger partial charge in [0.25, 0.3) is 11.2 Å². The largest absolute Gasteiger partial charge is 0.304 e. The number of rotatable bonds is 3. The average molecular weight is 308 g/mol. The summed E-state index contributed by atoms with van der Waals surface area (Å²) in [5, 5.41) is 11.8. The van der Waals surface area contributed by atoms with Crippen molar-refractivity contribution >= 4 is 16.6 Å². The van der Waals surface area contributed by atoms with Crippen LogP contribution in [0.1, 0.15) is 16.7 Å². The van der Waals surface area contributed by atoms with Crippen LogP contribution in [0, 0.1) is 24.0 Å². The molecule has 0 radical (unpaired) electrons. The molecule has 116 valence electrons. The number of para-hydroxylation sites is 1. The van der Waals surface area contributed by atoms with Gasteiger partial charge in [-0.25, -0.2) is 0 Å². The summed E-state index contributed by atoms with van der Waals surface area (Å²) in [4.78, 5) is 22.7. The third kappa shape index (κ3) is 2.73. The van der Waals surface area contributed by atoms with Crippen LogP contribution in [0.3, 0.4) is 0 Å². The van der Waals surface area contributed by atoms with Gasteiger partial charge < -0.3 is 4.57 Å². The fourth-order valence-electron chi connectivity index (χ4n) is 2.85. The third-order valence-electron chi connectivity index (χ3n) is 4.03. The van der Waals surface area contributed by atoms with E-state index in [0.29, 0.717) is 6.54 Å². The highest BCUT2D eigenvalue weighted by Gasteiger charge is 2.10. The number of hydrogen-bond acceptors (Lipinski definition) is 3. The zero-order chi connectivity index (χ0) is 16.6. The van der Waals surface area contributed by atoms with Crippen LogP contribution < -0.4 is 5.56 Å². The number of benzene rings is 2. The number of fused-ring (bicyclic) bond motifs is 1. The summed E-state index contributed by atoms with van der Waals surface area (Å²) >= 11 is 0. The van der Waals surface area contributed by atoms with Crippen molar-refractivity contribution < 1.29 is 4.92 Å². The van der Waals surface area contributed by atoms with Gasteiger partial charge in [-0.2, -0.15) is 0 Å². The van der Waals surface area contributed by atoms with Crippen LogP contribution >= 0.6 is 0 Å². The fraction of sp³-hybridized carbons (Fsp3) is 0.167. The number of pyridine rings is 1. The molecule has 0 aliphatic rings. The van der Waals surface area contributed by atoms with E-state index in [4.69, 9.17) is 0 Å². The van der Waals surface area contributed by atoms with Gasteiger partial charge in [0, 0.05) is 23.6 Å². The lowest BCUT2D eigenvalue weighted by molar-refractivity contribution is -0.384. The molecule has 0 saturated heterocycles. The van der Waals surface area contributed by atoms with E-state index in [1.807, 2.05) is 32.0 Å². The molecule has 1 aromatic heterocycles. The summed E-state index contributed by atoms with van der Waals surface area (Å²) in [6.07, 6.45) is 0. The molecule has 1 heterocycles. The Labute approximate surface area is 133 Å². The first-order valence-electron chi connectivity index (χ1n) is 7.30. The maximum Gasteiger partial charge on any atom is 0.269 e. The Kier molecular flexibility index (Phi) is 3.70. The van der Waals surface area contributed by atoms with Crippen molar-refractivity contribution in [3.05, 3.63) is 85.7 Å². The van der Waals surface area contributed by atoms with Gasteiger partial charge in [0.2, 0.25) is 0 Å². The van der Waals surface area contributed by atoms with Gasteiger partial charge >= 0.3 is 0 Å². The highest BCUT2D eigenvalue weighted by atomic mass is 16.6. The van der Waals surface area contributed by atoms with Crippen molar-refractivity contribution in [2.24, 2.45) is 0 Å². The fourth-order valence-corrected chi connectivity index (χ4v) is 2.85. The number of aromatic nitrogens is 1. The van der Waals surface area contributed by atoms with E-state index in [9.17, 15) is 14.9 Å². The zero-order valence-corrected chi connectivity index (χ0v) is 12.9. The first-order valence-corrected chi connectivity index (χ1v) is 7.30. The van der Waals surface area contributed by atoms with Crippen molar-refractivity contribution in [2.45, 2.75) is 20.4 Å². The lowest BCUT2D eigenvalue weighted by Gasteiger charge is -2.14. The molecule has 5 heteroatoms. The van der Waals surface area contributed by atoms with Gasteiger partial charge in [-0.05, 0) is 30.5 Å². The Morgan fingerprint density at radius 3 is 2.39 bits per heavy atom. The van der Waals surface area contributed by atoms with Crippen LogP contribution in [-0.4, -0.2) is 9.49 Å². The Morgan fingerprint density at radius 2 is 1.74 bits per heavy atom. The molecule has 0 atom stereocenters. The lowest BCUT2D eigenvalue weighted by Crippen LogP contribution is -2.21. The number of nitro groups is 1. The molecule has 0 unspecified atom stereocenters. The highest BCUT2D eigenvalue weighted by Crippen LogP contribution is 2.21. The number of nitro benzene ring substituents is 1. The number of non-ortho nitro benzene ring substituents is 1. The molecule has 0 aliphatic carbocycles. The molecule has 5 nitrogen and oxygen atoms in total. The molecule has 0 amide bonds.